The van der Waals surface area contributed by atoms with E-state index in [1.807, 2.05) is 12.1 Å². The molecule has 0 amide bonds. The van der Waals surface area contributed by atoms with E-state index in [0.717, 1.165) is 24.8 Å². The highest BCUT2D eigenvalue weighted by atomic mass is 35.5. The van der Waals surface area contributed by atoms with Gasteiger partial charge in [0.15, 0.2) is 0 Å². The first-order valence-corrected chi connectivity index (χ1v) is 7.72. The number of carboxylic acids is 1. The maximum atomic E-state index is 11.4. The van der Waals surface area contributed by atoms with Crippen molar-refractivity contribution >= 4 is 29.2 Å². The molecule has 0 saturated heterocycles. The molecule has 2 aliphatic rings. The van der Waals surface area contributed by atoms with Crippen molar-refractivity contribution in [1.29, 1.82) is 0 Å². The molecule has 108 valence electrons. The number of carboxylic acid groups (broad SMARTS) is 1. The molecule has 20 heavy (non-hydrogen) atoms. The maximum Gasteiger partial charge on any atom is 0.308 e. The predicted octanol–water partition coefficient (Wildman–Crippen LogP) is 3.58. The first-order chi connectivity index (χ1) is 9.56. The molecule has 2 fully saturated rings. The summed E-state index contributed by atoms with van der Waals surface area (Å²) in [7, 11) is 0. The fourth-order valence-electron chi connectivity index (χ4n) is 3.83. The topological polar surface area (TPSA) is 49.3 Å². The molecule has 0 spiro atoms. The molecule has 3 nitrogen and oxygen atoms in total. The molecule has 0 radical (unpaired) electrons. The summed E-state index contributed by atoms with van der Waals surface area (Å²) >= 11 is 11.9. The monoisotopic (exact) mass is 313 g/mol. The van der Waals surface area contributed by atoms with Gasteiger partial charge < -0.3 is 10.4 Å². The number of halogens is 2. The lowest BCUT2D eigenvalue weighted by Crippen LogP contribution is -2.43. The third kappa shape index (κ3) is 2.54. The molecule has 4 unspecified atom stereocenters. The zero-order valence-electron chi connectivity index (χ0n) is 11.0. The Morgan fingerprint density at radius 1 is 1.25 bits per heavy atom. The second-order valence-corrected chi connectivity index (χ2v) is 6.67. The molecular weight excluding hydrogens is 297 g/mol. The summed E-state index contributed by atoms with van der Waals surface area (Å²) in [6.07, 6.45) is 3.26. The number of benzene rings is 1. The Labute approximate surface area is 128 Å². The molecule has 4 atom stereocenters. The second kappa shape index (κ2) is 5.55. The third-order valence-corrected chi connectivity index (χ3v) is 5.47. The van der Waals surface area contributed by atoms with Crippen LogP contribution in [0.2, 0.25) is 10.0 Å². The lowest BCUT2D eigenvalue weighted by atomic mass is 9.84. The standard InChI is InChI=1S/C15H17Cl2NO2/c16-11-4-1-8(5-12(11)17)7-18-14-10-3-2-9(6-10)13(14)15(19)20/h1,4-5,9-10,13-14,18H,2-3,6-7H2,(H,19,20). The van der Waals surface area contributed by atoms with Crippen molar-refractivity contribution in [1.82, 2.24) is 5.32 Å². The SMILES string of the molecule is O=C(O)C1C2CCC(C2)C1NCc1ccc(Cl)c(Cl)c1. The van der Waals surface area contributed by atoms with E-state index < -0.39 is 5.97 Å². The van der Waals surface area contributed by atoms with Crippen molar-refractivity contribution in [3.05, 3.63) is 33.8 Å². The van der Waals surface area contributed by atoms with Gasteiger partial charge in [-0.05, 0) is 48.8 Å². The highest BCUT2D eigenvalue weighted by Gasteiger charge is 2.50. The Kier molecular flexibility index (Phi) is 3.93. The fourth-order valence-corrected chi connectivity index (χ4v) is 4.15. The van der Waals surface area contributed by atoms with Gasteiger partial charge >= 0.3 is 5.97 Å². The zero-order valence-corrected chi connectivity index (χ0v) is 12.5. The van der Waals surface area contributed by atoms with Gasteiger partial charge in [0.2, 0.25) is 0 Å². The average Bonchev–Trinajstić information content (AvgIpc) is 3.00. The minimum atomic E-state index is -0.663. The van der Waals surface area contributed by atoms with Crippen molar-refractivity contribution in [2.75, 3.05) is 0 Å². The lowest BCUT2D eigenvalue weighted by molar-refractivity contribution is -0.144. The van der Waals surface area contributed by atoms with E-state index in [2.05, 4.69) is 5.32 Å². The van der Waals surface area contributed by atoms with Crippen LogP contribution in [0.25, 0.3) is 0 Å². The third-order valence-electron chi connectivity index (χ3n) is 4.73. The Bertz CT molecular complexity index is 535. The van der Waals surface area contributed by atoms with Gasteiger partial charge in [0.25, 0.3) is 0 Å². The van der Waals surface area contributed by atoms with E-state index in [1.165, 1.54) is 0 Å². The van der Waals surface area contributed by atoms with Crippen LogP contribution >= 0.6 is 23.2 Å². The average molecular weight is 314 g/mol. The molecule has 0 aliphatic heterocycles. The van der Waals surface area contributed by atoms with E-state index in [9.17, 15) is 9.90 Å². The zero-order chi connectivity index (χ0) is 14.3. The molecule has 2 bridgehead atoms. The van der Waals surface area contributed by atoms with Gasteiger partial charge in [-0.1, -0.05) is 29.3 Å². The molecule has 0 heterocycles. The normalized spacial score (nSPS) is 31.7. The first-order valence-electron chi connectivity index (χ1n) is 6.96. The Hall–Kier alpha value is -0.770. The highest BCUT2D eigenvalue weighted by Crippen LogP contribution is 2.48. The maximum absolute atomic E-state index is 11.4. The summed E-state index contributed by atoms with van der Waals surface area (Å²) in [5.41, 5.74) is 1.03. The van der Waals surface area contributed by atoms with E-state index in [0.29, 0.717) is 28.4 Å². The molecule has 2 aliphatic carbocycles. The summed E-state index contributed by atoms with van der Waals surface area (Å²) in [5.74, 6) is -0.0481. The molecular formula is C15H17Cl2NO2. The van der Waals surface area contributed by atoms with E-state index >= 15 is 0 Å². The highest BCUT2D eigenvalue weighted by molar-refractivity contribution is 6.42. The smallest absolute Gasteiger partial charge is 0.308 e. The molecule has 2 N–H and O–H groups in total. The van der Waals surface area contributed by atoms with Crippen LogP contribution in [-0.2, 0) is 11.3 Å². The van der Waals surface area contributed by atoms with Crippen LogP contribution in [0.5, 0.6) is 0 Å². The molecule has 3 rings (SSSR count). The van der Waals surface area contributed by atoms with Crippen molar-refractivity contribution in [2.45, 2.75) is 31.8 Å². The number of nitrogens with one attached hydrogen (secondary N) is 1. The summed E-state index contributed by atoms with van der Waals surface area (Å²) in [4.78, 5) is 11.4. The number of fused-ring (bicyclic) bond motifs is 2. The van der Waals surface area contributed by atoms with Crippen LogP contribution in [0, 0.1) is 17.8 Å². The summed E-state index contributed by atoms with van der Waals surface area (Å²) in [6, 6.07) is 5.61. The van der Waals surface area contributed by atoms with Gasteiger partial charge in [-0.15, -0.1) is 0 Å². The number of aliphatic carboxylic acids is 1. The number of rotatable bonds is 4. The molecule has 1 aromatic carbocycles. The largest absolute Gasteiger partial charge is 0.481 e. The minimum Gasteiger partial charge on any atom is -0.481 e. The minimum absolute atomic E-state index is 0.0840. The number of hydrogen-bond acceptors (Lipinski definition) is 2. The Morgan fingerprint density at radius 3 is 2.70 bits per heavy atom. The van der Waals surface area contributed by atoms with Crippen molar-refractivity contribution in [2.24, 2.45) is 17.8 Å². The van der Waals surface area contributed by atoms with Gasteiger partial charge in [0, 0.05) is 12.6 Å². The molecule has 5 heteroatoms. The van der Waals surface area contributed by atoms with Crippen LogP contribution in [0.4, 0.5) is 0 Å². The van der Waals surface area contributed by atoms with Crippen LogP contribution in [0.1, 0.15) is 24.8 Å². The summed E-state index contributed by atoms with van der Waals surface area (Å²) < 4.78 is 0. The van der Waals surface area contributed by atoms with Crippen LogP contribution in [-0.4, -0.2) is 17.1 Å². The van der Waals surface area contributed by atoms with Gasteiger partial charge in [0.1, 0.15) is 0 Å². The quantitative estimate of drug-likeness (QED) is 0.893. The fraction of sp³-hybridized carbons (Fsp3) is 0.533. The van der Waals surface area contributed by atoms with Crippen molar-refractivity contribution < 1.29 is 9.90 Å². The Balaban J connectivity index is 1.68. The van der Waals surface area contributed by atoms with Gasteiger partial charge in [-0.25, -0.2) is 0 Å². The summed E-state index contributed by atoms with van der Waals surface area (Å²) in [5, 5.41) is 13.9. The number of hydrogen-bond donors (Lipinski definition) is 2. The second-order valence-electron chi connectivity index (χ2n) is 5.85. The van der Waals surface area contributed by atoms with Gasteiger partial charge in [0.05, 0.1) is 16.0 Å². The predicted molar refractivity (Wildman–Crippen MR) is 79.0 cm³/mol. The molecule has 0 aromatic heterocycles. The van der Waals surface area contributed by atoms with Crippen LogP contribution in [0.15, 0.2) is 18.2 Å². The first kappa shape index (κ1) is 14.2. The van der Waals surface area contributed by atoms with Gasteiger partial charge in [-0.3, -0.25) is 4.79 Å². The lowest BCUT2D eigenvalue weighted by Gasteiger charge is -2.29. The van der Waals surface area contributed by atoms with Crippen LogP contribution < -0.4 is 5.32 Å². The molecule has 1 aromatic rings. The molecule has 2 saturated carbocycles. The van der Waals surface area contributed by atoms with Gasteiger partial charge in [-0.2, -0.15) is 0 Å². The Morgan fingerprint density at radius 2 is 2.00 bits per heavy atom. The van der Waals surface area contributed by atoms with E-state index in [1.54, 1.807) is 6.07 Å². The van der Waals surface area contributed by atoms with E-state index in [-0.39, 0.29) is 12.0 Å². The van der Waals surface area contributed by atoms with Crippen LogP contribution in [0.3, 0.4) is 0 Å². The van der Waals surface area contributed by atoms with E-state index in [4.69, 9.17) is 23.2 Å². The van der Waals surface area contributed by atoms with Crippen molar-refractivity contribution in [3.63, 3.8) is 0 Å². The van der Waals surface area contributed by atoms with Crippen molar-refractivity contribution in [3.8, 4) is 0 Å². The number of carbonyl (C=O) groups is 1. The summed E-state index contributed by atoms with van der Waals surface area (Å²) in [6.45, 7) is 0.633.